The van der Waals surface area contributed by atoms with Crippen molar-refractivity contribution in [1.82, 2.24) is 19.7 Å². The van der Waals surface area contributed by atoms with Gasteiger partial charge in [0, 0.05) is 28.1 Å². The summed E-state index contributed by atoms with van der Waals surface area (Å²) in [5.41, 5.74) is 6.97. The van der Waals surface area contributed by atoms with Crippen molar-refractivity contribution < 1.29 is 4.79 Å². The van der Waals surface area contributed by atoms with E-state index < -0.39 is 5.91 Å². The number of carbonyl (C=O) groups is 1. The molecule has 3 rings (SSSR count). The maximum absolute atomic E-state index is 11.1. The average molecular weight is 390 g/mol. The first-order valence-corrected chi connectivity index (χ1v) is 8.46. The minimum absolute atomic E-state index is 0.141. The number of primary amides is 1. The summed E-state index contributed by atoms with van der Waals surface area (Å²) in [6.07, 6.45) is 3.43. The molecule has 0 aliphatic carbocycles. The Balaban J connectivity index is 2.10. The summed E-state index contributed by atoms with van der Waals surface area (Å²) in [5.74, 6) is 0.400. The first-order valence-electron chi connectivity index (χ1n) is 6.68. The highest BCUT2D eigenvalue weighted by molar-refractivity contribution is 9.10. The van der Waals surface area contributed by atoms with Gasteiger partial charge < -0.3 is 5.73 Å². The largest absolute Gasteiger partial charge is 0.369 e. The topological polar surface area (TPSA) is 86.7 Å². The van der Waals surface area contributed by atoms with E-state index in [-0.39, 0.29) is 5.75 Å². The molecule has 6 nitrogen and oxygen atoms in total. The summed E-state index contributed by atoms with van der Waals surface area (Å²) in [6, 6.07) is 11.5. The lowest BCUT2D eigenvalue weighted by Crippen LogP contribution is -2.13. The minimum Gasteiger partial charge on any atom is -0.369 e. The van der Waals surface area contributed by atoms with Gasteiger partial charge in [0.15, 0.2) is 11.0 Å². The van der Waals surface area contributed by atoms with E-state index in [9.17, 15) is 4.79 Å². The maximum Gasteiger partial charge on any atom is 0.227 e. The molecule has 0 fully saturated rings. The van der Waals surface area contributed by atoms with Gasteiger partial charge in [0.25, 0.3) is 0 Å². The van der Waals surface area contributed by atoms with Crippen molar-refractivity contribution in [3.63, 3.8) is 0 Å². The van der Waals surface area contributed by atoms with Crippen LogP contribution in [0.3, 0.4) is 0 Å². The fourth-order valence-corrected chi connectivity index (χ4v) is 2.96. The SMILES string of the molecule is NC(=O)CSc1nnc(-c2cccnc2)n1-c1ccc(Br)cc1. The molecule has 0 aliphatic rings. The second-order valence-electron chi connectivity index (χ2n) is 4.61. The number of amides is 1. The van der Waals surface area contributed by atoms with E-state index >= 15 is 0 Å². The number of thioether (sulfide) groups is 1. The van der Waals surface area contributed by atoms with Gasteiger partial charge >= 0.3 is 0 Å². The van der Waals surface area contributed by atoms with Crippen molar-refractivity contribution in [2.75, 3.05) is 5.75 Å². The monoisotopic (exact) mass is 389 g/mol. The molecule has 0 spiro atoms. The molecule has 116 valence electrons. The highest BCUT2D eigenvalue weighted by atomic mass is 79.9. The predicted octanol–water partition coefficient (Wildman–Crippen LogP) is 2.67. The molecule has 2 aromatic heterocycles. The number of benzene rings is 1. The van der Waals surface area contributed by atoms with Crippen LogP contribution >= 0.6 is 27.7 Å². The van der Waals surface area contributed by atoms with Crippen LogP contribution in [-0.2, 0) is 4.79 Å². The maximum atomic E-state index is 11.1. The third-order valence-corrected chi connectivity index (χ3v) is 4.46. The molecule has 23 heavy (non-hydrogen) atoms. The quantitative estimate of drug-likeness (QED) is 0.677. The van der Waals surface area contributed by atoms with Gasteiger partial charge in [-0.2, -0.15) is 0 Å². The van der Waals surface area contributed by atoms with Crippen LogP contribution in [0.25, 0.3) is 17.1 Å². The Hall–Kier alpha value is -2.19. The first-order chi connectivity index (χ1) is 11.1. The number of nitrogens with two attached hydrogens (primary N) is 1. The number of halogens is 1. The van der Waals surface area contributed by atoms with Crippen LogP contribution in [0.2, 0.25) is 0 Å². The van der Waals surface area contributed by atoms with Gasteiger partial charge in [-0.1, -0.05) is 27.7 Å². The zero-order valence-electron chi connectivity index (χ0n) is 11.9. The zero-order valence-corrected chi connectivity index (χ0v) is 14.3. The first kappa shape index (κ1) is 15.7. The molecule has 0 aliphatic heterocycles. The Morgan fingerprint density at radius 1 is 1.22 bits per heavy atom. The van der Waals surface area contributed by atoms with E-state index in [1.165, 1.54) is 11.8 Å². The summed E-state index contributed by atoms with van der Waals surface area (Å²) in [5, 5.41) is 9.05. The molecule has 2 N–H and O–H groups in total. The smallest absolute Gasteiger partial charge is 0.227 e. The van der Waals surface area contributed by atoms with Crippen molar-refractivity contribution in [2.45, 2.75) is 5.16 Å². The van der Waals surface area contributed by atoms with E-state index in [4.69, 9.17) is 5.73 Å². The standard InChI is InChI=1S/C15H12BrN5OS/c16-11-3-5-12(6-4-11)21-14(10-2-1-7-18-8-10)19-20-15(21)23-9-13(17)22/h1-8H,9H2,(H2,17,22). The summed E-state index contributed by atoms with van der Waals surface area (Å²) in [6.45, 7) is 0. The highest BCUT2D eigenvalue weighted by Crippen LogP contribution is 2.28. The van der Waals surface area contributed by atoms with Crippen LogP contribution in [0.15, 0.2) is 58.4 Å². The number of hydrogen-bond acceptors (Lipinski definition) is 5. The normalized spacial score (nSPS) is 10.7. The van der Waals surface area contributed by atoms with Crippen LogP contribution in [0.1, 0.15) is 0 Å². The molecule has 0 bridgehead atoms. The molecular weight excluding hydrogens is 378 g/mol. The lowest BCUT2D eigenvalue weighted by molar-refractivity contribution is -0.115. The predicted molar refractivity (Wildman–Crippen MR) is 92.2 cm³/mol. The van der Waals surface area contributed by atoms with E-state index in [0.717, 1.165) is 15.7 Å². The number of aromatic nitrogens is 4. The van der Waals surface area contributed by atoms with Gasteiger partial charge in [-0.3, -0.25) is 14.3 Å². The van der Waals surface area contributed by atoms with E-state index in [2.05, 4.69) is 31.1 Å². The van der Waals surface area contributed by atoms with Crippen molar-refractivity contribution >= 4 is 33.6 Å². The molecule has 0 atom stereocenters. The fraction of sp³-hybridized carbons (Fsp3) is 0.0667. The third-order valence-electron chi connectivity index (χ3n) is 2.98. The Labute approximate surface area is 145 Å². The summed E-state index contributed by atoms with van der Waals surface area (Å²) < 4.78 is 2.86. The van der Waals surface area contributed by atoms with E-state index in [0.29, 0.717) is 11.0 Å². The summed E-state index contributed by atoms with van der Waals surface area (Å²) in [7, 11) is 0. The molecule has 0 saturated carbocycles. The summed E-state index contributed by atoms with van der Waals surface area (Å²) in [4.78, 5) is 15.2. The molecule has 0 radical (unpaired) electrons. The number of rotatable bonds is 5. The second kappa shape index (κ2) is 6.93. The Morgan fingerprint density at radius 3 is 2.65 bits per heavy atom. The molecule has 0 saturated heterocycles. The molecule has 8 heteroatoms. The van der Waals surface area contributed by atoms with Crippen LogP contribution in [0.5, 0.6) is 0 Å². The van der Waals surface area contributed by atoms with Crippen molar-refractivity contribution in [3.8, 4) is 17.1 Å². The number of nitrogens with zero attached hydrogens (tertiary/aromatic N) is 4. The molecule has 3 aromatic rings. The van der Waals surface area contributed by atoms with Crippen LogP contribution in [0.4, 0.5) is 0 Å². The third kappa shape index (κ3) is 3.59. The van der Waals surface area contributed by atoms with Gasteiger partial charge in [0.1, 0.15) is 0 Å². The number of pyridine rings is 1. The molecular formula is C15H12BrN5OS. The molecule has 1 aromatic carbocycles. The van der Waals surface area contributed by atoms with Gasteiger partial charge in [-0.05, 0) is 36.4 Å². The summed E-state index contributed by atoms with van der Waals surface area (Å²) >= 11 is 4.68. The van der Waals surface area contributed by atoms with E-state index in [1.807, 2.05) is 41.0 Å². The Kier molecular flexibility index (Phi) is 4.73. The average Bonchev–Trinajstić information content (AvgIpc) is 2.98. The van der Waals surface area contributed by atoms with Crippen molar-refractivity contribution in [1.29, 1.82) is 0 Å². The molecule has 1 amide bonds. The lowest BCUT2D eigenvalue weighted by Gasteiger charge is -2.10. The van der Waals surface area contributed by atoms with Gasteiger partial charge in [0.05, 0.1) is 5.75 Å². The van der Waals surface area contributed by atoms with Crippen LogP contribution in [0, 0.1) is 0 Å². The van der Waals surface area contributed by atoms with Gasteiger partial charge in [0.2, 0.25) is 5.91 Å². The fourth-order valence-electron chi connectivity index (χ4n) is 2.00. The zero-order chi connectivity index (χ0) is 16.2. The second-order valence-corrected chi connectivity index (χ2v) is 6.47. The highest BCUT2D eigenvalue weighted by Gasteiger charge is 2.16. The molecule has 2 heterocycles. The minimum atomic E-state index is -0.400. The van der Waals surface area contributed by atoms with E-state index in [1.54, 1.807) is 12.4 Å². The Morgan fingerprint density at radius 2 is 2.00 bits per heavy atom. The molecule has 0 unspecified atom stereocenters. The number of carbonyl (C=O) groups excluding carboxylic acids is 1. The Bertz CT molecular complexity index is 820. The van der Waals surface area contributed by atoms with Crippen molar-refractivity contribution in [2.24, 2.45) is 5.73 Å². The van der Waals surface area contributed by atoms with Crippen LogP contribution in [-0.4, -0.2) is 31.4 Å². The lowest BCUT2D eigenvalue weighted by atomic mass is 10.2. The number of hydrogen-bond donors (Lipinski definition) is 1. The van der Waals surface area contributed by atoms with Gasteiger partial charge in [-0.25, -0.2) is 0 Å². The van der Waals surface area contributed by atoms with Gasteiger partial charge in [-0.15, -0.1) is 10.2 Å². The van der Waals surface area contributed by atoms with Crippen molar-refractivity contribution in [3.05, 3.63) is 53.3 Å². The van der Waals surface area contributed by atoms with Crippen LogP contribution < -0.4 is 5.73 Å².